The highest BCUT2D eigenvalue weighted by Crippen LogP contribution is 2.17. The zero-order valence-corrected chi connectivity index (χ0v) is 11.0. The van der Waals surface area contributed by atoms with Gasteiger partial charge in [-0.2, -0.15) is 0 Å². The topological polar surface area (TPSA) is 34.1 Å². The van der Waals surface area contributed by atoms with Crippen LogP contribution >= 0.6 is 22.9 Å². The van der Waals surface area contributed by atoms with Crippen LogP contribution < -0.4 is 10.1 Å². The second-order valence-electron chi connectivity index (χ2n) is 3.48. The number of nitrogens with one attached hydrogen (secondary N) is 1. The summed E-state index contributed by atoms with van der Waals surface area (Å²) in [4.78, 5) is 4.17. The molecule has 1 heterocycles. The summed E-state index contributed by atoms with van der Waals surface area (Å²) < 4.78 is 5.28. The molecule has 0 aliphatic rings. The smallest absolute Gasteiger partial charge is 0.140 e. The van der Waals surface area contributed by atoms with Gasteiger partial charge >= 0.3 is 0 Å². The lowest BCUT2D eigenvalue weighted by molar-refractivity contribution is 0.407. The van der Waals surface area contributed by atoms with Gasteiger partial charge in [0.2, 0.25) is 0 Å². The SMILES string of the molecule is COc1ccccc1CNCc1nc(Cl)cs1. The van der Waals surface area contributed by atoms with Gasteiger partial charge in [0.15, 0.2) is 0 Å². The van der Waals surface area contributed by atoms with Crippen LogP contribution in [-0.2, 0) is 13.1 Å². The fourth-order valence-corrected chi connectivity index (χ4v) is 2.43. The molecule has 0 atom stereocenters. The lowest BCUT2D eigenvalue weighted by Gasteiger charge is -2.08. The van der Waals surface area contributed by atoms with Crippen LogP contribution in [0.1, 0.15) is 10.6 Å². The van der Waals surface area contributed by atoms with Gasteiger partial charge in [0.1, 0.15) is 15.9 Å². The average Bonchev–Trinajstić information content (AvgIpc) is 2.76. The van der Waals surface area contributed by atoms with E-state index in [-0.39, 0.29) is 0 Å². The molecule has 0 aliphatic heterocycles. The third-order valence-electron chi connectivity index (χ3n) is 2.31. The first kappa shape index (κ1) is 12.4. The summed E-state index contributed by atoms with van der Waals surface area (Å²) >= 11 is 7.31. The van der Waals surface area contributed by atoms with Gasteiger partial charge in [0, 0.05) is 24.0 Å². The number of aromatic nitrogens is 1. The van der Waals surface area contributed by atoms with Gasteiger partial charge in [-0.3, -0.25) is 0 Å². The van der Waals surface area contributed by atoms with Crippen LogP contribution in [0.25, 0.3) is 0 Å². The molecule has 0 radical (unpaired) electrons. The van der Waals surface area contributed by atoms with E-state index in [4.69, 9.17) is 16.3 Å². The Morgan fingerprint density at radius 2 is 2.18 bits per heavy atom. The first-order chi connectivity index (χ1) is 8.29. The van der Waals surface area contributed by atoms with Crippen LogP contribution in [0.3, 0.4) is 0 Å². The summed E-state index contributed by atoms with van der Waals surface area (Å²) in [6.07, 6.45) is 0. The number of methoxy groups -OCH3 is 1. The Morgan fingerprint density at radius 3 is 2.88 bits per heavy atom. The highest BCUT2D eigenvalue weighted by molar-refractivity contribution is 7.10. The minimum absolute atomic E-state index is 0.559. The minimum Gasteiger partial charge on any atom is -0.496 e. The molecule has 0 saturated carbocycles. The molecule has 0 fully saturated rings. The van der Waals surface area contributed by atoms with Gasteiger partial charge in [0.25, 0.3) is 0 Å². The van der Waals surface area contributed by atoms with E-state index >= 15 is 0 Å². The Bertz CT molecular complexity index is 487. The maximum Gasteiger partial charge on any atom is 0.140 e. The van der Waals surface area contributed by atoms with Crippen molar-refractivity contribution in [2.24, 2.45) is 0 Å². The Balaban J connectivity index is 1.89. The monoisotopic (exact) mass is 268 g/mol. The predicted octanol–water partition coefficient (Wildman–Crippen LogP) is 3.09. The highest BCUT2D eigenvalue weighted by atomic mass is 35.5. The van der Waals surface area contributed by atoms with Gasteiger partial charge in [-0.15, -0.1) is 11.3 Å². The van der Waals surface area contributed by atoms with E-state index in [0.29, 0.717) is 5.15 Å². The zero-order valence-electron chi connectivity index (χ0n) is 9.44. The fourth-order valence-electron chi connectivity index (χ4n) is 1.52. The molecular formula is C12H13ClN2OS. The van der Waals surface area contributed by atoms with Crippen LogP contribution in [0.15, 0.2) is 29.6 Å². The van der Waals surface area contributed by atoms with Crippen LogP contribution in [0.5, 0.6) is 5.75 Å². The van der Waals surface area contributed by atoms with Crippen molar-refractivity contribution >= 4 is 22.9 Å². The summed E-state index contributed by atoms with van der Waals surface area (Å²) in [7, 11) is 1.68. The average molecular weight is 269 g/mol. The molecule has 0 amide bonds. The summed E-state index contributed by atoms with van der Waals surface area (Å²) in [6.45, 7) is 1.47. The largest absolute Gasteiger partial charge is 0.496 e. The van der Waals surface area contributed by atoms with Gasteiger partial charge in [0.05, 0.1) is 7.11 Å². The molecule has 0 aliphatic carbocycles. The number of para-hydroxylation sites is 1. The molecule has 3 nitrogen and oxygen atoms in total. The van der Waals surface area contributed by atoms with Crippen LogP contribution in [-0.4, -0.2) is 12.1 Å². The molecule has 5 heteroatoms. The van der Waals surface area contributed by atoms with Crippen molar-refractivity contribution in [2.75, 3.05) is 7.11 Å². The Kier molecular flexibility index (Phi) is 4.36. The molecule has 17 heavy (non-hydrogen) atoms. The molecule has 90 valence electrons. The third-order valence-corrected chi connectivity index (χ3v) is 3.48. The van der Waals surface area contributed by atoms with Gasteiger partial charge in [-0.25, -0.2) is 4.98 Å². The second-order valence-corrected chi connectivity index (χ2v) is 4.81. The van der Waals surface area contributed by atoms with Gasteiger partial charge in [-0.1, -0.05) is 29.8 Å². The van der Waals surface area contributed by atoms with E-state index in [1.54, 1.807) is 18.4 Å². The number of halogens is 1. The molecule has 0 saturated heterocycles. The molecule has 1 aromatic heterocycles. The molecule has 1 aromatic carbocycles. The maximum absolute atomic E-state index is 5.76. The number of ether oxygens (including phenoxy) is 1. The summed E-state index contributed by atoms with van der Waals surface area (Å²) in [5.41, 5.74) is 1.14. The molecule has 0 spiro atoms. The molecule has 1 N–H and O–H groups in total. The van der Waals surface area contributed by atoms with E-state index < -0.39 is 0 Å². The molecule has 0 bridgehead atoms. The van der Waals surface area contributed by atoms with Gasteiger partial charge in [-0.05, 0) is 6.07 Å². The van der Waals surface area contributed by atoms with Crippen molar-refractivity contribution in [3.8, 4) is 5.75 Å². The maximum atomic E-state index is 5.76. The molecule has 2 rings (SSSR count). The van der Waals surface area contributed by atoms with E-state index in [1.165, 1.54) is 0 Å². The highest BCUT2D eigenvalue weighted by Gasteiger charge is 2.02. The predicted molar refractivity (Wildman–Crippen MR) is 70.7 cm³/mol. The fraction of sp³-hybridized carbons (Fsp3) is 0.250. The molecule has 2 aromatic rings. The second kappa shape index (κ2) is 6.00. The van der Waals surface area contributed by atoms with E-state index in [0.717, 1.165) is 29.4 Å². The Morgan fingerprint density at radius 1 is 1.35 bits per heavy atom. The number of hydrogen-bond acceptors (Lipinski definition) is 4. The quantitative estimate of drug-likeness (QED) is 0.905. The first-order valence-electron chi connectivity index (χ1n) is 5.22. The summed E-state index contributed by atoms with van der Waals surface area (Å²) in [5.74, 6) is 0.900. The van der Waals surface area contributed by atoms with Crippen molar-refractivity contribution < 1.29 is 4.74 Å². The lowest BCUT2D eigenvalue weighted by atomic mass is 10.2. The normalized spacial score (nSPS) is 10.5. The summed E-state index contributed by atoms with van der Waals surface area (Å²) in [6, 6.07) is 7.96. The lowest BCUT2D eigenvalue weighted by Crippen LogP contribution is -2.13. The Hall–Kier alpha value is -1.10. The number of nitrogens with zero attached hydrogens (tertiary/aromatic N) is 1. The Labute approximate surface area is 109 Å². The molecule has 0 unspecified atom stereocenters. The zero-order chi connectivity index (χ0) is 12.1. The number of thiazole rings is 1. The van der Waals surface area contributed by atoms with E-state index in [9.17, 15) is 0 Å². The van der Waals surface area contributed by atoms with Crippen molar-refractivity contribution in [1.29, 1.82) is 0 Å². The van der Waals surface area contributed by atoms with Crippen LogP contribution in [0.2, 0.25) is 5.15 Å². The van der Waals surface area contributed by atoms with Crippen LogP contribution in [0.4, 0.5) is 0 Å². The van der Waals surface area contributed by atoms with Crippen molar-refractivity contribution in [1.82, 2.24) is 10.3 Å². The first-order valence-corrected chi connectivity index (χ1v) is 6.48. The van der Waals surface area contributed by atoms with Gasteiger partial charge < -0.3 is 10.1 Å². The van der Waals surface area contributed by atoms with E-state index in [1.807, 2.05) is 29.6 Å². The van der Waals surface area contributed by atoms with E-state index in [2.05, 4.69) is 10.3 Å². The minimum atomic E-state index is 0.559. The number of rotatable bonds is 5. The molecular weight excluding hydrogens is 256 g/mol. The van der Waals surface area contributed by atoms with Crippen LogP contribution in [0, 0.1) is 0 Å². The standard InChI is InChI=1S/C12H13ClN2OS/c1-16-10-5-3-2-4-9(10)6-14-7-12-15-11(13)8-17-12/h2-5,8,14H,6-7H2,1H3. The third kappa shape index (κ3) is 3.43. The van der Waals surface area contributed by atoms with Crippen molar-refractivity contribution in [3.05, 3.63) is 45.4 Å². The number of hydrogen-bond donors (Lipinski definition) is 1. The van der Waals surface area contributed by atoms with Crippen molar-refractivity contribution in [2.45, 2.75) is 13.1 Å². The summed E-state index contributed by atoms with van der Waals surface area (Å²) in [5, 5.41) is 6.70. The van der Waals surface area contributed by atoms with Crippen molar-refractivity contribution in [3.63, 3.8) is 0 Å². The number of benzene rings is 1.